The number of carbonyl (C=O) groups excluding carboxylic acids is 2. The molecule has 2 aromatic rings. The molecule has 2 N–H and O–H groups in total. The van der Waals surface area contributed by atoms with Crippen molar-refractivity contribution in [1.82, 2.24) is 9.62 Å². The molecule has 0 aromatic heterocycles. The van der Waals surface area contributed by atoms with Gasteiger partial charge in [0.05, 0.1) is 10.6 Å². The van der Waals surface area contributed by atoms with Crippen LogP contribution in [0.5, 0.6) is 5.75 Å². The second-order valence-corrected chi connectivity index (χ2v) is 9.38. The number of ether oxygens (including phenoxy) is 1. The van der Waals surface area contributed by atoms with Crippen molar-refractivity contribution in [2.45, 2.75) is 30.3 Å². The number of fused-ring (bicyclic) bond motifs is 1. The highest BCUT2D eigenvalue weighted by atomic mass is 35.5. The molecule has 0 bridgehead atoms. The smallest absolute Gasteiger partial charge is 0.262 e. The Hall–Kier alpha value is -2.62. The Morgan fingerprint density at radius 1 is 1.27 bits per heavy atom. The zero-order valence-electron chi connectivity index (χ0n) is 15.9. The number of hydrogen-bond donors (Lipinski definition) is 2. The number of anilines is 1. The summed E-state index contributed by atoms with van der Waals surface area (Å²) in [6, 6.07) is 10.6. The van der Waals surface area contributed by atoms with E-state index >= 15 is 0 Å². The van der Waals surface area contributed by atoms with Crippen LogP contribution in [0.3, 0.4) is 0 Å². The minimum atomic E-state index is -3.94. The predicted molar refractivity (Wildman–Crippen MR) is 111 cm³/mol. The number of carbonyl (C=O) groups is 2. The fraction of sp³-hybridized carbons (Fsp3) is 0.300. The van der Waals surface area contributed by atoms with Gasteiger partial charge in [0.1, 0.15) is 11.8 Å². The number of halogens is 1. The Kier molecular flexibility index (Phi) is 5.68. The lowest BCUT2D eigenvalue weighted by molar-refractivity contribution is -0.124. The lowest BCUT2D eigenvalue weighted by atomic mass is 10.2. The Morgan fingerprint density at radius 3 is 2.87 bits per heavy atom. The summed E-state index contributed by atoms with van der Waals surface area (Å²) >= 11 is 6.12. The average Bonchev–Trinajstić information content (AvgIpc) is 3.23. The third-order valence-electron chi connectivity index (χ3n) is 5.11. The molecule has 2 aromatic carbocycles. The van der Waals surface area contributed by atoms with Crippen LogP contribution >= 0.6 is 11.6 Å². The molecule has 1 fully saturated rings. The van der Waals surface area contributed by atoms with Gasteiger partial charge in [0.15, 0.2) is 6.61 Å². The quantitative estimate of drug-likeness (QED) is 0.727. The molecule has 1 unspecified atom stereocenters. The number of sulfonamides is 1. The first kappa shape index (κ1) is 20.6. The molecule has 1 atom stereocenters. The molecule has 158 valence electrons. The van der Waals surface area contributed by atoms with Crippen LogP contribution in [0.2, 0.25) is 5.02 Å². The van der Waals surface area contributed by atoms with Crippen molar-refractivity contribution in [3.05, 3.63) is 53.1 Å². The third-order valence-corrected chi connectivity index (χ3v) is 7.38. The van der Waals surface area contributed by atoms with Crippen LogP contribution in [-0.4, -0.2) is 43.7 Å². The van der Waals surface area contributed by atoms with Crippen LogP contribution in [0.1, 0.15) is 18.4 Å². The molecule has 0 spiro atoms. The van der Waals surface area contributed by atoms with E-state index in [0.29, 0.717) is 29.3 Å². The molecule has 0 aliphatic carbocycles. The summed E-state index contributed by atoms with van der Waals surface area (Å²) in [6.07, 6.45) is 1.01. The van der Waals surface area contributed by atoms with Gasteiger partial charge in [0.2, 0.25) is 15.9 Å². The number of nitrogens with zero attached hydrogens (tertiary/aromatic N) is 1. The van der Waals surface area contributed by atoms with E-state index in [9.17, 15) is 18.0 Å². The van der Waals surface area contributed by atoms with Gasteiger partial charge in [-0.2, -0.15) is 4.31 Å². The van der Waals surface area contributed by atoms with E-state index < -0.39 is 16.1 Å². The van der Waals surface area contributed by atoms with Crippen molar-refractivity contribution < 1.29 is 22.7 Å². The van der Waals surface area contributed by atoms with Gasteiger partial charge in [0, 0.05) is 18.1 Å². The van der Waals surface area contributed by atoms with Crippen molar-refractivity contribution in [3.63, 3.8) is 0 Å². The Labute approximate surface area is 179 Å². The van der Waals surface area contributed by atoms with E-state index in [1.165, 1.54) is 22.5 Å². The van der Waals surface area contributed by atoms with Crippen LogP contribution in [0.25, 0.3) is 0 Å². The van der Waals surface area contributed by atoms with Crippen molar-refractivity contribution >= 4 is 39.1 Å². The fourth-order valence-corrected chi connectivity index (χ4v) is 5.48. The van der Waals surface area contributed by atoms with Gasteiger partial charge >= 0.3 is 0 Å². The van der Waals surface area contributed by atoms with Gasteiger partial charge in [0.25, 0.3) is 5.91 Å². The van der Waals surface area contributed by atoms with E-state index in [2.05, 4.69) is 10.6 Å². The molecule has 30 heavy (non-hydrogen) atoms. The first-order valence-electron chi connectivity index (χ1n) is 9.46. The molecular weight excluding hydrogens is 430 g/mol. The summed E-state index contributed by atoms with van der Waals surface area (Å²) in [7, 11) is -3.94. The molecule has 10 heteroatoms. The summed E-state index contributed by atoms with van der Waals surface area (Å²) in [4.78, 5) is 24.3. The molecule has 4 rings (SSSR count). The van der Waals surface area contributed by atoms with Gasteiger partial charge in [-0.05, 0) is 42.7 Å². The predicted octanol–water partition coefficient (Wildman–Crippen LogP) is 2.14. The molecule has 0 radical (unpaired) electrons. The van der Waals surface area contributed by atoms with E-state index in [0.717, 1.165) is 5.56 Å². The van der Waals surface area contributed by atoms with Crippen LogP contribution < -0.4 is 15.4 Å². The van der Waals surface area contributed by atoms with E-state index in [1.54, 1.807) is 18.2 Å². The Morgan fingerprint density at radius 2 is 2.07 bits per heavy atom. The molecule has 2 heterocycles. The van der Waals surface area contributed by atoms with Crippen LogP contribution in [0.4, 0.5) is 5.69 Å². The fourth-order valence-electron chi connectivity index (χ4n) is 3.59. The minimum absolute atomic E-state index is 0.00199. The van der Waals surface area contributed by atoms with E-state index in [1.807, 2.05) is 6.07 Å². The summed E-state index contributed by atoms with van der Waals surface area (Å²) in [6.45, 7) is 0.344. The summed E-state index contributed by atoms with van der Waals surface area (Å²) in [5, 5.41) is 5.92. The monoisotopic (exact) mass is 449 g/mol. The maximum absolute atomic E-state index is 13.2. The standard InChI is InChI=1S/C20H20ClN3O5S/c21-15-5-2-1-4-13(15)11-22-20(26)17-6-3-9-24(17)30(27,28)14-7-8-18-16(10-14)23-19(25)12-29-18/h1-2,4-5,7-8,10,17H,3,6,9,11-12H2,(H,22,26)(H,23,25). The first-order valence-corrected chi connectivity index (χ1v) is 11.3. The van der Waals surface area contributed by atoms with Crippen molar-refractivity contribution in [2.75, 3.05) is 18.5 Å². The zero-order chi connectivity index (χ0) is 21.3. The second-order valence-electron chi connectivity index (χ2n) is 7.08. The van der Waals surface area contributed by atoms with Crippen LogP contribution in [0, 0.1) is 0 Å². The second kappa shape index (κ2) is 8.25. The van der Waals surface area contributed by atoms with Gasteiger partial charge in [-0.25, -0.2) is 8.42 Å². The first-order chi connectivity index (χ1) is 14.4. The highest BCUT2D eigenvalue weighted by Crippen LogP contribution is 2.33. The lowest BCUT2D eigenvalue weighted by Gasteiger charge is -2.24. The molecule has 8 nitrogen and oxygen atoms in total. The maximum atomic E-state index is 13.2. The van der Waals surface area contributed by atoms with Crippen molar-refractivity contribution in [3.8, 4) is 5.75 Å². The largest absolute Gasteiger partial charge is 0.482 e. The SMILES string of the molecule is O=C1COc2ccc(S(=O)(=O)N3CCCC3C(=O)NCc3ccccc3Cl)cc2N1. The number of nitrogens with one attached hydrogen (secondary N) is 2. The summed E-state index contributed by atoms with van der Waals surface area (Å²) in [5.74, 6) is -0.315. The molecule has 2 amide bonds. The van der Waals surface area contributed by atoms with Gasteiger partial charge in [-0.1, -0.05) is 29.8 Å². The van der Waals surface area contributed by atoms with E-state index in [-0.39, 0.29) is 36.4 Å². The minimum Gasteiger partial charge on any atom is -0.482 e. The molecule has 2 aliphatic rings. The number of amides is 2. The third kappa shape index (κ3) is 4.00. The number of rotatable bonds is 5. The van der Waals surface area contributed by atoms with E-state index in [4.69, 9.17) is 16.3 Å². The van der Waals surface area contributed by atoms with Crippen LogP contribution in [-0.2, 0) is 26.2 Å². The number of hydrogen-bond acceptors (Lipinski definition) is 5. The summed E-state index contributed by atoms with van der Waals surface area (Å²) < 4.78 is 32.9. The molecule has 2 aliphatic heterocycles. The van der Waals surface area contributed by atoms with Gasteiger partial charge in [-0.15, -0.1) is 0 Å². The maximum Gasteiger partial charge on any atom is 0.262 e. The average molecular weight is 450 g/mol. The van der Waals surface area contributed by atoms with Gasteiger partial charge < -0.3 is 15.4 Å². The summed E-state index contributed by atoms with van der Waals surface area (Å²) in [5.41, 5.74) is 1.05. The molecular formula is C20H20ClN3O5S. The topological polar surface area (TPSA) is 105 Å². The highest BCUT2D eigenvalue weighted by Gasteiger charge is 2.39. The van der Waals surface area contributed by atoms with Crippen molar-refractivity contribution in [1.29, 1.82) is 0 Å². The highest BCUT2D eigenvalue weighted by molar-refractivity contribution is 7.89. The zero-order valence-corrected chi connectivity index (χ0v) is 17.5. The van der Waals surface area contributed by atoms with Crippen LogP contribution in [0.15, 0.2) is 47.4 Å². The Bertz CT molecular complexity index is 1110. The molecule has 0 saturated carbocycles. The van der Waals surface area contributed by atoms with Crippen molar-refractivity contribution in [2.24, 2.45) is 0 Å². The Balaban J connectivity index is 1.52. The molecule has 1 saturated heterocycles. The van der Waals surface area contributed by atoms with Gasteiger partial charge in [-0.3, -0.25) is 9.59 Å². The number of benzene rings is 2. The lowest BCUT2D eigenvalue weighted by Crippen LogP contribution is -2.45. The normalized spacial score (nSPS) is 19.0.